The number of aromatic nitrogens is 1. The molecule has 0 aliphatic heterocycles. The molecular formula is C12H15F3N2O2. The van der Waals surface area contributed by atoms with Gasteiger partial charge in [0.25, 0.3) is 0 Å². The molecule has 0 aliphatic carbocycles. The van der Waals surface area contributed by atoms with Gasteiger partial charge in [0.1, 0.15) is 11.3 Å². The Kier molecular flexibility index (Phi) is 4.07. The van der Waals surface area contributed by atoms with Crippen LogP contribution in [0.2, 0.25) is 0 Å². The van der Waals surface area contributed by atoms with Crippen LogP contribution in [0, 0.1) is 6.92 Å². The molecule has 1 aromatic heterocycles. The number of carbonyl (C=O) groups excluding carboxylic acids is 1. The number of hydrogen-bond acceptors (Lipinski definition) is 3. The van der Waals surface area contributed by atoms with Crippen LogP contribution in [0.15, 0.2) is 12.3 Å². The molecule has 0 aromatic carbocycles. The summed E-state index contributed by atoms with van der Waals surface area (Å²) in [6.45, 7) is 6.32. The SMILES string of the molecule is Cc1cc(NC(=O)OC(C)(C)C)cnc1C(F)(F)F. The van der Waals surface area contributed by atoms with Crippen molar-refractivity contribution in [2.24, 2.45) is 0 Å². The normalized spacial score (nSPS) is 12.2. The zero-order valence-corrected chi connectivity index (χ0v) is 11.1. The quantitative estimate of drug-likeness (QED) is 0.849. The molecule has 1 aromatic rings. The number of amides is 1. The van der Waals surface area contributed by atoms with Crippen molar-refractivity contribution < 1.29 is 22.7 Å². The first kappa shape index (κ1) is 15.3. The van der Waals surface area contributed by atoms with Crippen LogP contribution in [0.5, 0.6) is 0 Å². The van der Waals surface area contributed by atoms with E-state index in [1.165, 1.54) is 13.0 Å². The molecule has 19 heavy (non-hydrogen) atoms. The number of aryl methyl sites for hydroxylation is 1. The first-order chi connectivity index (χ1) is 8.49. The van der Waals surface area contributed by atoms with Crippen LogP contribution < -0.4 is 5.32 Å². The van der Waals surface area contributed by atoms with Crippen molar-refractivity contribution in [1.29, 1.82) is 0 Å². The summed E-state index contributed by atoms with van der Waals surface area (Å²) in [5.41, 5.74) is -1.57. The Labute approximate surface area is 109 Å². The highest BCUT2D eigenvalue weighted by atomic mass is 19.4. The van der Waals surface area contributed by atoms with Gasteiger partial charge in [0.05, 0.1) is 11.9 Å². The molecule has 0 atom stereocenters. The molecule has 1 heterocycles. The van der Waals surface area contributed by atoms with Crippen LogP contribution in [0.3, 0.4) is 0 Å². The molecule has 0 radical (unpaired) electrons. The minimum absolute atomic E-state index is 0.0685. The standard InChI is InChI=1S/C12H15F3N2O2/c1-7-5-8(6-16-9(7)12(13,14)15)17-10(18)19-11(2,3)4/h5-6H,1-4H3,(H,17,18). The van der Waals surface area contributed by atoms with Crippen molar-refractivity contribution in [2.75, 3.05) is 5.32 Å². The van der Waals surface area contributed by atoms with Crippen molar-refractivity contribution in [3.8, 4) is 0 Å². The average Bonchev–Trinajstić information content (AvgIpc) is 2.11. The Morgan fingerprint density at radius 2 is 1.89 bits per heavy atom. The maximum atomic E-state index is 12.5. The molecule has 1 N–H and O–H groups in total. The lowest BCUT2D eigenvalue weighted by Crippen LogP contribution is -2.27. The van der Waals surface area contributed by atoms with E-state index in [0.29, 0.717) is 0 Å². The number of rotatable bonds is 1. The van der Waals surface area contributed by atoms with Gasteiger partial charge in [-0.05, 0) is 39.3 Å². The Hall–Kier alpha value is -1.79. The van der Waals surface area contributed by atoms with E-state index in [1.807, 2.05) is 0 Å². The molecule has 1 rings (SSSR count). The highest BCUT2D eigenvalue weighted by molar-refractivity contribution is 5.84. The average molecular weight is 276 g/mol. The van der Waals surface area contributed by atoms with Gasteiger partial charge < -0.3 is 4.74 Å². The first-order valence-corrected chi connectivity index (χ1v) is 5.53. The third-order valence-electron chi connectivity index (χ3n) is 1.99. The minimum Gasteiger partial charge on any atom is -0.444 e. The van der Waals surface area contributed by atoms with E-state index in [4.69, 9.17) is 4.74 Å². The summed E-state index contributed by atoms with van der Waals surface area (Å²) in [5.74, 6) is 0. The Bertz CT molecular complexity index is 479. The number of carbonyl (C=O) groups is 1. The van der Waals surface area contributed by atoms with E-state index in [1.54, 1.807) is 20.8 Å². The van der Waals surface area contributed by atoms with Gasteiger partial charge in [0.2, 0.25) is 0 Å². The fourth-order valence-corrected chi connectivity index (χ4v) is 1.36. The summed E-state index contributed by atoms with van der Waals surface area (Å²) in [4.78, 5) is 14.7. The molecule has 7 heteroatoms. The Morgan fingerprint density at radius 3 is 2.32 bits per heavy atom. The molecule has 0 fully saturated rings. The summed E-state index contributed by atoms with van der Waals surface area (Å²) in [7, 11) is 0. The number of pyridine rings is 1. The number of halogens is 3. The fraction of sp³-hybridized carbons (Fsp3) is 0.500. The molecule has 0 saturated carbocycles. The molecule has 106 valence electrons. The predicted molar refractivity (Wildman–Crippen MR) is 63.8 cm³/mol. The second kappa shape index (κ2) is 5.07. The number of anilines is 1. The van der Waals surface area contributed by atoms with Crippen LogP contribution in [-0.2, 0) is 10.9 Å². The molecule has 0 saturated heterocycles. The summed E-state index contributed by atoms with van der Waals surface area (Å²) in [6, 6.07) is 1.19. The second-order valence-electron chi connectivity index (χ2n) is 5.01. The zero-order chi connectivity index (χ0) is 14.8. The summed E-state index contributed by atoms with van der Waals surface area (Å²) < 4.78 is 42.5. The molecule has 0 bridgehead atoms. The topological polar surface area (TPSA) is 51.2 Å². The molecule has 4 nitrogen and oxygen atoms in total. The van der Waals surface area contributed by atoms with E-state index < -0.39 is 23.6 Å². The fourth-order valence-electron chi connectivity index (χ4n) is 1.36. The van der Waals surface area contributed by atoms with Gasteiger partial charge in [-0.2, -0.15) is 13.2 Å². The van der Waals surface area contributed by atoms with Crippen molar-refractivity contribution in [2.45, 2.75) is 39.5 Å². The molecule has 0 aliphatic rings. The summed E-state index contributed by atoms with van der Waals surface area (Å²) >= 11 is 0. The lowest BCUT2D eigenvalue weighted by atomic mass is 10.2. The van der Waals surface area contributed by atoms with Gasteiger partial charge in [0.15, 0.2) is 0 Å². The Balaban J connectivity index is 2.83. The zero-order valence-electron chi connectivity index (χ0n) is 11.1. The molecule has 0 unspecified atom stereocenters. The van der Waals surface area contributed by atoms with Gasteiger partial charge in [-0.1, -0.05) is 0 Å². The second-order valence-corrected chi connectivity index (χ2v) is 5.01. The summed E-state index contributed by atoms with van der Waals surface area (Å²) in [6.07, 6.45) is -4.30. The summed E-state index contributed by atoms with van der Waals surface area (Å²) in [5, 5.41) is 2.33. The van der Waals surface area contributed by atoms with Crippen LogP contribution >= 0.6 is 0 Å². The van der Waals surface area contributed by atoms with Gasteiger partial charge in [-0.25, -0.2) is 9.78 Å². The van der Waals surface area contributed by atoms with Crippen LogP contribution in [0.25, 0.3) is 0 Å². The predicted octanol–water partition coefficient (Wildman–Crippen LogP) is 3.76. The molecule has 0 spiro atoms. The maximum absolute atomic E-state index is 12.5. The van der Waals surface area contributed by atoms with Crippen LogP contribution in [0.1, 0.15) is 32.0 Å². The smallest absolute Gasteiger partial charge is 0.433 e. The Morgan fingerprint density at radius 1 is 1.32 bits per heavy atom. The van der Waals surface area contributed by atoms with E-state index in [9.17, 15) is 18.0 Å². The number of nitrogens with one attached hydrogen (secondary N) is 1. The molecular weight excluding hydrogens is 261 g/mol. The van der Waals surface area contributed by atoms with Crippen LogP contribution in [0.4, 0.5) is 23.7 Å². The van der Waals surface area contributed by atoms with Crippen molar-refractivity contribution in [3.05, 3.63) is 23.5 Å². The third kappa shape index (κ3) is 4.76. The van der Waals surface area contributed by atoms with Crippen LogP contribution in [-0.4, -0.2) is 16.7 Å². The largest absolute Gasteiger partial charge is 0.444 e. The maximum Gasteiger partial charge on any atom is 0.433 e. The van der Waals surface area contributed by atoms with E-state index in [0.717, 1.165) is 6.20 Å². The van der Waals surface area contributed by atoms with Crippen molar-refractivity contribution >= 4 is 11.8 Å². The minimum atomic E-state index is -4.51. The van der Waals surface area contributed by atoms with Gasteiger partial charge in [0, 0.05) is 0 Å². The van der Waals surface area contributed by atoms with Gasteiger partial charge in [-0.15, -0.1) is 0 Å². The highest BCUT2D eigenvalue weighted by Gasteiger charge is 2.34. The number of nitrogens with zero attached hydrogens (tertiary/aromatic N) is 1. The highest BCUT2D eigenvalue weighted by Crippen LogP contribution is 2.30. The third-order valence-corrected chi connectivity index (χ3v) is 1.99. The number of hydrogen-bond donors (Lipinski definition) is 1. The lowest BCUT2D eigenvalue weighted by Gasteiger charge is -2.19. The first-order valence-electron chi connectivity index (χ1n) is 5.53. The van der Waals surface area contributed by atoms with Crippen molar-refractivity contribution in [3.63, 3.8) is 0 Å². The van der Waals surface area contributed by atoms with E-state index in [2.05, 4.69) is 10.3 Å². The lowest BCUT2D eigenvalue weighted by molar-refractivity contribution is -0.141. The van der Waals surface area contributed by atoms with Gasteiger partial charge >= 0.3 is 12.3 Å². The molecule has 1 amide bonds. The van der Waals surface area contributed by atoms with E-state index in [-0.39, 0.29) is 11.3 Å². The van der Waals surface area contributed by atoms with Gasteiger partial charge in [-0.3, -0.25) is 5.32 Å². The number of ether oxygens (including phenoxy) is 1. The number of alkyl halides is 3. The van der Waals surface area contributed by atoms with E-state index >= 15 is 0 Å². The monoisotopic (exact) mass is 276 g/mol. The van der Waals surface area contributed by atoms with Crippen molar-refractivity contribution in [1.82, 2.24) is 4.98 Å².